The summed E-state index contributed by atoms with van der Waals surface area (Å²) in [6.45, 7) is 2.06. The van der Waals surface area contributed by atoms with E-state index in [2.05, 4.69) is 0 Å². The Bertz CT molecular complexity index is 745. The van der Waals surface area contributed by atoms with Gasteiger partial charge >= 0.3 is 0 Å². The number of hydrogen-bond acceptors (Lipinski definition) is 3. The van der Waals surface area contributed by atoms with Crippen LogP contribution in [-0.4, -0.2) is 31.5 Å². The molecule has 1 heterocycles. The molecular weight excluding hydrogens is 304 g/mol. The molecule has 0 saturated carbocycles. The van der Waals surface area contributed by atoms with E-state index in [-0.39, 0.29) is 18.2 Å². The Balaban J connectivity index is 1.72. The van der Waals surface area contributed by atoms with Gasteiger partial charge in [0.1, 0.15) is 5.75 Å². The van der Waals surface area contributed by atoms with Crippen LogP contribution in [-0.2, 0) is 9.59 Å². The predicted octanol–water partition coefficient (Wildman–Crippen LogP) is 2.85. The summed E-state index contributed by atoms with van der Waals surface area (Å²) in [7, 11) is 1.75. The van der Waals surface area contributed by atoms with Crippen molar-refractivity contribution in [1.82, 2.24) is 0 Å². The Kier molecular flexibility index (Phi) is 4.51. The molecule has 5 nitrogen and oxygen atoms in total. The first-order valence-corrected chi connectivity index (χ1v) is 7.96. The molecule has 24 heavy (non-hydrogen) atoms. The van der Waals surface area contributed by atoms with Crippen LogP contribution in [0.25, 0.3) is 0 Å². The zero-order valence-corrected chi connectivity index (χ0v) is 13.8. The number of benzene rings is 2. The van der Waals surface area contributed by atoms with Gasteiger partial charge in [-0.05, 0) is 31.2 Å². The summed E-state index contributed by atoms with van der Waals surface area (Å²) >= 11 is 0. The van der Waals surface area contributed by atoms with Gasteiger partial charge in [0.05, 0.1) is 5.69 Å². The van der Waals surface area contributed by atoms with Crippen LogP contribution >= 0.6 is 0 Å². The third-order valence-electron chi connectivity index (χ3n) is 4.14. The average Bonchev–Trinajstić information content (AvgIpc) is 2.62. The molecule has 0 bridgehead atoms. The maximum atomic E-state index is 12.4. The Morgan fingerprint density at radius 3 is 2.54 bits per heavy atom. The van der Waals surface area contributed by atoms with E-state index in [1.165, 1.54) is 0 Å². The first-order chi connectivity index (χ1) is 11.6. The highest BCUT2D eigenvalue weighted by atomic mass is 16.5. The summed E-state index contributed by atoms with van der Waals surface area (Å²) in [5.74, 6) is 0.517. The quantitative estimate of drug-likeness (QED) is 0.869. The van der Waals surface area contributed by atoms with Crippen LogP contribution in [0.15, 0.2) is 54.6 Å². The van der Waals surface area contributed by atoms with Gasteiger partial charge in [-0.3, -0.25) is 9.59 Å². The van der Waals surface area contributed by atoms with E-state index >= 15 is 0 Å². The molecular formula is C19H20N2O3. The van der Waals surface area contributed by atoms with E-state index in [0.29, 0.717) is 12.3 Å². The molecule has 1 aliphatic rings. The number of nitrogens with zero attached hydrogens (tertiary/aromatic N) is 2. The molecule has 0 spiro atoms. The SMILES string of the molecule is C[C@@H]1Oc2ccccc2N(CCC(=O)N(C)c2ccccc2)C1=O. The van der Waals surface area contributed by atoms with Gasteiger partial charge < -0.3 is 14.5 Å². The summed E-state index contributed by atoms with van der Waals surface area (Å²) in [6.07, 6.45) is -0.292. The van der Waals surface area contributed by atoms with E-state index in [9.17, 15) is 9.59 Å². The molecule has 0 saturated heterocycles. The Hall–Kier alpha value is -2.82. The first-order valence-electron chi connectivity index (χ1n) is 7.96. The predicted molar refractivity (Wildman–Crippen MR) is 93.4 cm³/mol. The van der Waals surface area contributed by atoms with Crippen LogP contribution in [0.5, 0.6) is 5.75 Å². The first kappa shape index (κ1) is 16.1. The molecule has 0 aliphatic carbocycles. The van der Waals surface area contributed by atoms with Crippen molar-refractivity contribution < 1.29 is 14.3 Å². The van der Waals surface area contributed by atoms with E-state index in [1.54, 1.807) is 23.8 Å². The fraction of sp³-hybridized carbons (Fsp3) is 0.263. The lowest BCUT2D eigenvalue weighted by atomic mass is 10.1. The number of para-hydroxylation sites is 3. The number of amides is 2. The number of carbonyl (C=O) groups is 2. The standard InChI is InChI=1S/C19H20N2O3/c1-14-19(23)21(16-10-6-7-11-17(16)24-14)13-12-18(22)20(2)15-8-4-3-5-9-15/h3-11,14H,12-13H2,1-2H3/t14-/m0/s1. The van der Waals surface area contributed by atoms with Crippen molar-refractivity contribution in [3.05, 3.63) is 54.6 Å². The van der Waals surface area contributed by atoms with Gasteiger partial charge in [-0.1, -0.05) is 30.3 Å². The van der Waals surface area contributed by atoms with Crippen molar-refractivity contribution in [1.29, 1.82) is 0 Å². The monoisotopic (exact) mass is 324 g/mol. The number of rotatable bonds is 4. The lowest BCUT2D eigenvalue weighted by molar-refractivity contribution is -0.125. The second kappa shape index (κ2) is 6.74. The third-order valence-corrected chi connectivity index (χ3v) is 4.14. The smallest absolute Gasteiger partial charge is 0.267 e. The van der Waals surface area contributed by atoms with Crippen LogP contribution in [0.4, 0.5) is 11.4 Å². The molecule has 2 aromatic carbocycles. The summed E-state index contributed by atoms with van der Waals surface area (Å²) < 4.78 is 5.61. The van der Waals surface area contributed by atoms with Gasteiger partial charge in [-0.2, -0.15) is 0 Å². The second-order valence-corrected chi connectivity index (χ2v) is 5.76. The topological polar surface area (TPSA) is 49.9 Å². The van der Waals surface area contributed by atoms with E-state index < -0.39 is 6.10 Å². The second-order valence-electron chi connectivity index (χ2n) is 5.76. The molecule has 2 aromatic rings. The minimum atomic E-state index is -0.540. The zero-order valence-electron chi connectivity index (χ0n) is 13.8. The summed E-state index contributed by atoms with van der Waals surface area (Å²) in [6, 6.07) is 16.9. The van der Waals surface area contributed by atoms with E-state index in [1.807, 2.05) is 54.6 Å². The Labute approximate surface area is 141 Å². The van der Waals surface area contributed by atoms with Gasteiger partial charge in [0.2, 0.25) is 5.91 Å². The maximum Gasteiger partial charge on any atom is 0.267 e. The molecule has 0 aromatic heterocycles. The molecule has 5 heteroatoms. The van der Waals surface area contributed by atoms with Crippen molar-refractivity contribution in [2.24, 2.45) is 0 Å². The minimum absolute atomic E-state index is 0.0365. The van der Waals surface area contributed by atoms with E-state index in [4.69, 9.17) is 4.74 Å². The van der Waals surface area contributed by atoms with Crippen LogP contribution in [0, 0.1) is 0 Å². The molecule has 1 aliphatic heterocycles. The highest BCUT2D eigenvalue weighted by molar-refractivity contribution is 6.01. The molecule has 0 N–H and O–H groups in total. The molecule has 0 unspecified atom stereocenters. The van der Waals surface area contributed by atoms with Crippen LogP contribution < -0.4 is 14.5 Å². The number of hydrogen-bond donors (Lipinski definition) is 0. The highest BCUT2D eigenvalue weighted by Gasteiger charge is 2.31. The van der Waals surface area contributed by atoms with Gasteiger partial charge in [-0.25, -0.2) is 0 Å². The van der Waals surface area contributed by atoms with Crippen LogP contribution in [0.1, 0.15) is 13.3 Å². The lowest BCUT2D eigenvalue weighted by Gasteiger charge is -2.33. The largest absolute Gasteiger partial charge is 0.479 e. The van der Waals surface area contributed by atoms with Crippen molar-refractivity contribution >= 4 is 23.2 Å². The number of anilines is 2. The average molecular weight is 324 g/mol. The van der Waals surface area contributed by atoms with E-state index in [0.717, 1.165) is 11.4 Å². The molecule has 0 radical (unpaired) electrons. The van der Waals surface area contributed by atoms with Crippen LogP contribution in [0.3, 0.4) is 0 Å². The number of ether oxygens (including phenoxy) is 1. The zero-order chi connectivity index (χ0) is 17.1. The van der Waals surface area contributed by atoms with Gasteiger partial charge in [0.15, 0.2) is 6.10 Å². The Morgan fingerprint density at radius 2 is 1.79 bits per heavy atom. The summed E-state index contributed by atoms with van der Waals surface area (Å²) in [5, 5.41) is 0. The fourth-order valence-corrected chi connectivity index (χ4v) is 2.76. The van der Waals surface area contributed by atoms with Gasteiger partial charge in [0, 0.05) is 25.7 Å². The highest BCUT2D eigenvalue weighted by Crippen LogP contribution is 2.33. The maximum absolute atomic E-state index is 12.4. The molecule has 2 amide bonds. The van der Waals surface area contributed by atoms with Gasteiger partial charge in [-0.15, -0.1) is 0 Å². The summed E-state index contributed by atoms with van der Waals surface area (Å²) in [5.41, 5.74) is 1.56. The number of carbonyl (C=O) groups excluding carboxylic acids is 2. The lowest BCUT2D eigenvalue weighted by Crippen LogP contribution is -2.45. The van der Waals surface area contributed by atoms with Crippen molar-refractivity contribution in [2.75, 3.05) is 23.4 Å². The third kappa shape index (κ3) is 3.11. The molecule has 3 rings (SSSR count). The number of fused-ring (bicyclic) bond motifs is 1. The van der Waals surface area contributed by atoms with Crippen molar-refractivity contribution in [3.63, 3.8) is 0 Å². The minimum Gasteiger partial charge on any atom is -0.479 e. The van der Waals surface area contributed by atoms with Crippen LogP contribution in [0.2, 0.25) is 0 Å². The molecule has 124 valence electrons. The molecule has 0 fully saturated rings. The van der Waals surface area contributed by atoms with Crippen molar-refractivity contribution in [2.45, 2.75) is 19.4 Å². The van der Waals surface area contributed by atoms with Crippen molar-refractivity contribution in [3.8, 4) is 5.75 Å². The summed E-state index contributed by atoms with van der Waals surface area (Å²) in [4.78, 5) is 28.1. The van der Waals surface area contributed by atoms with Gasteiger partial charge in [0.25, 0.3) is 5.91 Å². The fourth-order valence-electron chi connectivity index (χ4n) is 2.76. The molecule has 1 atom stereocenters. The normalized spacial score (nSPS) is 16.3. The Morgan fingerprint density at radius 1 is 1.12 bits per heavy atom.